The highest BCUT2D eigenvalue weighted by atomic mass is 16.5. The van der Waals surface area contributed by atoms with Gasteiger partial charge in [0.25, 0.3) is 0 Å². The molecule has 2 heterocycles. The minimum Gasteiger partial charge on any atom is -0.373 e. The Labute approximate surface area is 132 Å². The summed E-state index contributed by atoms with van der Waals surface area (Å²) in [6.07, 6.45) is 5.70. The summed E-state index contributed by atoms with van der Waals surface area (Å²) in [5, 5.41) is 7.05. The zero-order chi connectivity index (χ0) is 14.9. The van der Waals surface area contributed by atoms with Crippen molar-refractivity contribution in [2.45, 2.75) is 49.9 Å². The second kappa shape index (κ2) is 5.92. The first kappa shape index (κ1) is 14.1. The fourth-order valence-electron chi connectivity index (χ4n) is 3.97. The van der Waals surface area contributed by atoms with E-state index in [1.54, 1.807) is 0 Å². The molecule has 5 atom stereocenters. The Balaban J connectivity index is 1.25. The van der Waals surface area contributed by atoms with Crippen molar-refractivity contribution in [2.24, 2.45) is 10.9 Å². The van der Waals surface area contributed by atoms with Crippen molar-refractivity contribution in [2.75, 3.05) is 13.6 Å². The number of guanidine groups is 1. The number of fused-ring (bicyclic) bond motifs is 2. The van der Waals surface area contributed by atoms with Crippen LogP contribution in [0.4, 0.5) is 0 Å². The quantitative estimate of drug-likeness (QED) is 0.662. The average Bonchev–Trinajstić information content (AvgIpc) is 3.04. The van der Waals surface area contributed by atoms with Crippen LogP contribution in [0.5, 0.6) is 0 Å². The highest BCUT2D eigenvalue weighted by Gasteiger charge is 2.41. The number of nitrogens with one attached hydrogen (secondary N) is 2. The van der Waals surface area contributed by atoms with Crippen LogP contribution >= 0.6 is 0 Å². The second-order valence-corrected chi connectivity index (χ2v) is 6.83. The lowest BCUT2D eigenvalue weighted by Gasteiger charge is -2.22. The maximum Gasteiger partial charge on any atom is 0.191 e. The van der Waals surface area contributed by atoms with E-state index in [2.05, 4.69) is 46.0 Å². The van der Waals surface area contributed by atoms with Crippen molar-refractivity contribution in [3.63, 3.8) is 0 Å². The molecule has 4 nitrogen and oxygen atoms in total. The second-order valence-electron chi connectivity index (χ2n) is 6.83. The van der Waals surface area contributed by atoms with Crippen molar-refractivity contribution in [1.82, 2.24) is 10.6 Å². The van der Waals surface area contributed by atoms with Crippen LogP contribution in [-0.2, 0) is 4.74 Å². The van der Waals surface area contributed by atoms with E-state index in [0.717, 1.165) is 30.8 Å². The predicted molar refractivity (Wildman–Crippen MR) is 88.1 cm³/mol. The minimum atomic E-state index is 0.390. The molecule has 2 aliphatic heterocycles. The summed E-state index contributed by atoms with van der Waals surface area (Å²) in [6.45, 7) is 1.00. The van der Waals surface area contributed by atoms with E-state index >= 15 is 0 Å². The summed E-state index contributed by atoms with van der Waals surface area (Å²) in [5.74, 6) is 2.38. The Morgan fingerprint density at radius 1 is 1.23 bits per heavy atom. The molecule has 2 N–H and O–H groups in total. The van der Waals surface area contributed by atoms with Gasteiger partial charge in [-0.05, 0) is 43.1 Å². The smallest absolute Gasteiger partial charge is 0.191 e. The molecule has 1 aromatic carbocycles. The van der Waals surface area contributed by atoms with Gasteiger partial charge in [-0.3, -0.25) is 4.99 Å². The molecule has 5 unspecified atom stereocenters. The Hall–Kier alpha value is -1.55. The van der Waals surface area contributed by atoms with Crippen molar-refractivity contribution < 1.29 is 4.74 Å². The molecule has 2 saturated heterocycles. The molecule has 0 amide bonds. The number of rotatable bonds is 4. The Kier molecular flexibility index (Phi) is 3.78. The summed E-state index contributed by atoms with van der Waals surface area (Å²) < 4.78 is 5.90. The molecule has 1 saturated carbocycles. The lowest BCUT2D eigenvalue weighted by Crippen LogP contribution is -2.47. The molecule has 22 heavy (non-hydrogen) atoms. The molecule has 4 heteroatoms. The summed E-state index contributed by atoms with van der Waals surface area (Å²) in [5.41, 5.74) is 1.47. The maximum atomic E-state index is 5.90. The summed E-state index contributed by atoms with van der Waals surface area (Å²) >= 11 is 0. The van der Waals surface area contributed by atoms with Crippen molar-refractivity contribution >= 4 is 5.96 Å². The number of hydrogen-bond acceptors (Lipinski definition) is 2. The van der Waals surface area contributed by atoms with Gasteiger partial charge in [-0.25, -0.2) is 0 Å². The van der Waals surface area contributed by atoms with E-state index in [4.69, 9.17) is 4.74 Å². The standard InChI is InChI=1S/C18H25N3O/c1-19-18(21-16-10-14-7-8-17(16)22-14)20-11-13-9-15(13)12-5-3-2-4-6-12/h2-6,13-17H,7-11H2,1H3,(H2,19,20,21). The van der Waals surface area contributed by atoms with Gasteiger partial charge in [0.2, 0.25) is 0 Å². The van der Waals surface area contributed by atoms with Crippen molar-refractivity contribution in [3.8, 4) is 0 Å². The Morgan fingerprint density at radius 2 is 2.09 bits per heavy atom. The predicted octanol–water partition coefficient (Wildman–Crippen LogP) is 2.28. The fraction of sp³-hybridized carbons (Fsp3) is 0.611. The molecule has 2 bridgehead atoms. The SMILES string of the molecule is CN=C(NCC1CC1c1ccccc1)NC1CC2CCC1O2. The number of aliphatic imine (C=N–C) groups is 1. The highest BCUT2D eigenvalue weighted by Crippen LogP contribution is 2.46. The van der Waals surface area contributed by atoms with E-state index < -0.39 is 0 Å². The number of nitrogens with zero attached hydrogens (tertiary/aromatic N) is 1. The van der Waals surface area contributed by atoms with Crippen molar-refractivity contribution in [1.29, 1.82) is 0 Å². The van der Waals surface area contributed by atoms with Crippen LogP contribution in [0.1, 0.15) is 37.2 Å². The van der Waals surface area contributed by atoms with E-state index in [-0.39, 0.29) is 0 Å². The minimum absolute atomic E-state index is 0.390. The van der Waals surface area contributed by atoms with Gasteiger partial charge in [-0.15, -0.1) is 0 Å². The van der Waals surface area contributed by atoms with Gasteiger partial charge in [0, 0.05) is 13.6 Å². The summed E-state index contributed by atoms with van der Waals surface area (Å²) in [7, 11) is 1.85. The lowest BCUT2D eigenvalue weighted by atomic mass is 9.96. The van der Waals surface area contributed by atoms with Gasteiger partial charge in [0.05, 0.1) is 18.2 Å². The van der Waals surface area contributed by atoms with E-state index in [1.165, 1.54) is 24.8 Å². The first-order chi connectivity index (χ1) is 10.8. The molecule has 0 spiro atoms. The topological polar surface area (TPSA) is 45.7 Å². The first-order valence-corrected chi connectivity index (χ1v) is 8.51. The van der Waals surface area contributed by atoms with Crippen LogP contribution in [0.2, 0.25) is 0 Å². The van der Waals surface area contributed by atoms with E-state index in [9.17, 15) is 0 Å². The third kappa shape index (κ3) is 2.84. The van der Waals surface area contributed by atoms with Gasteiger partial charge in [-0.2, -0.15) is 0 Å². The van der Waals surface area contributed by atoms with Gasteiger partial charge >= 0.3 is 0 Å². The highest BCUT2D eigenvalue weighted by molar-refractivity contribution is 5.80. The fourth-order valence-corrected chi connectivity index (χ4v) is 3.97. The molecule has 0 radical (unpaired) electrons. The molecule has 0 aromatic heterocycles. The summed E-state index contributed by atoms with van der Waals surface area (Å²) in [4.78, 5) is 4.37. The number of benzene rings is 1. The maximum absolute atomic E-state index is 5.90. The summed E-state index contributed by atoms with van der Waals surface area (Å²) in [6, 6.07) is 11.3. The van der Waals surface area contributed by atoms with Crippen LogP contribution in [-0.4, -0.2) is 37.8 Å². The normalized spacial score (nSPS) is 36.4. The largest absolute Gasteiger partial charge is 0.373 e. The van der Waals surface area contributed by atoms with Gasteiger partial charge < -0.3 is 15.4 Å². The zero-order valence-electron chi connectivity index (χ0n) is 13.2. The number of ether oxygens (including phenoxy) is 1. The molecular formula is C18H25N3O. The van der Waals surface area contributed by atoms with Crippen molar-refractivity contribution in [3.05, 3.63) is 35.9 Å². The monoisotopic (exact) mass is 299 g/mol. The number of hydrogen-bond donors (Lipinski definition) is 2. The van der Waals surface area contributed by atoms with Gasteiger partial charge in [-0.1, -0.05) is 30.3 Å². The first-order valence-electron chi connectivity index (χ1n) is 8.51. The van der Waals surface area contributed by atoms with Gasteiger partial charge in [0.1, 0.15) is 0 Å². The van der Waals surface area contributed by atoms with E-state index in [0.29, 0.717) is 18.2 Å². The third-order valence-corrected chi connectivity index (χ3v) is 5.33. The van der Waals surface area contributed by atoms with Crippen LogP contribution in [0.3, 0.4) is 0 Å². The molecule has 1 aliphatic carbocycles. The van der Waals surface area contributed by atoms with E-state index in [1.807, 2.05) is 7.05 Å². The van der Waals surface area contributed by atoms with Crippen LogP contribution in [0, 0.1) is 5.92 Å². The molecule has 3 aliphatic rings. The van der Waals surface area contributed by atoms with Gasteiger partial charge in [0.15, 0.2) is 5.96 Å². The molecule has 118 valence electrons. The lowest BCUT2D eigenvalue weighted by molar-refractivity contribution is 0.0992. The Morgan fingerprint density at radius 3 is 2.77 bits per heavy atom. The molecule has 4 rings (SSSR count). The third-order valence-electron chi connectivity index (χ3n) is 5.33. The van der Waals surface area contributed by atoms with Crippen LogP contribution < -0.4 is 10.6 Å². The molecular weight excluding hydrogens is 274 g/mol. The van der Waals surface area contributed by atoms with Crippen LogP contribution in [0.15, 0.2) is 35.3 Å². The zero-order valence-corrected chi connectivity index (χ0v) is 13.2. The molecule has 1 aromatic rings. The average molecular weight is 299 g/mol. The Bertz CT molecular complexity index is 545. The van der Waals surface area contributed by atoms with Crippen LogP contribution in [0.25, 0.3) is 0 Å². The molecule has 3 fully saturated rings.